The second kappa shape index (κ2) is 6.84. The molecule has 0 spiro atoms. The second-order valence-corrected chi connectivity index (χ2v) is 9.06. The summed E-state index contributed by atoms with van der Waals surface area (Å²) in [6.07, 6.45) is 7.54. The topological polar surface area (TPSA) is 61.8 Å². The molecular weight excluding hydrogens is 332 g/mol. The van der Waals surface area contributed by atoms with Crippen molar-refractivity contribution in [2.75, 3.05) is 0 Å². The van der Waals surface area contributed by atoms with Crippen molar-refractivity contribution in [1.82, 2.24) is 0 Å². The summed E-state index contributed by atoms with van der Waals surface area (Å²) in [6.45, 7) is 12.3. The van der Waals surface area contributed by atoms with E-state index >= 15 is 0 Å². The SMILES string of the molecule is C=C/C(=C/[C@@]1(C)CCCC(C)(C)C1)[C@@H]1[C@@H]2OC(=O)C[C@H]1[C@H](OC(C)=O)O2. The van der Waals surface area contributed by atoms with Crippen LogP contribution >= 0.6 is 0 Å². The molecule has 26 heavy (non-hydrogen) atoms. The van der Waals surface area contributed by atoms with Crippen LogP contribution in [0.2, 0.25) is 0 Å². The van der Waals surface area contributed by atoms with E-state index in [4.69, 9.17) is 14.2 Å². The van der Waals surface area contributed by atoms with Gasteiger partial charge in [0.2, 0.25) is 12.6 Å². The zero-order chi connectivity index (χ0) is 19.1. The van der Waals surface area contributed by atoms with Crippen LogP contribution in [0.15, 0.2) is 24.3 Å². The fourth-order valence-corrected chi connectivity index (χ4v) is 5.12. The van der Waals surface area contributed by atoms with Crippen LogP contribution in [0.25, 0.3) is 0 Å². The van der Waals surface area contributed by atoms with E-state index in [9.17, 15) is 9.59 Å². The number of carbonyl (C=O) groups is 2. The van der Waals surface area contributed by atoms with E-state index in [1.54, 1.807) is 0 Å². The number of hydrogen-bond acceptors (Lipinski definition) is 5. The molecule has 0 N–H and O–H groups in total. The highest BCUT2D eigenvalue weighted by Gasteiger charge is 2.54. The van der Waals surface area contributed by atoms with Gasteiger partial charge in [-0.1, -0.05) is 45.9 Å². The van der Waals surface area contributed by atoms with Crippen molar-refractivity contribution in [1.29, 1.82) is 0 Å². The van der Waals surface area contributed by atoms with Crippen LogP contribution < -0.4 is 0 Å². The maximum Gasteiger partial charge on any atom is 0.308 e. The van der Waals surface area contributed by atoms with Crippen LogP contribution in [0.5, 0.6) is 0 Å². The van der Waals surface area contributed by atoms with Crippen molar-refractivity contribution < 1.29 is 23.8 Å². The van der Waals surface area contributed by atoms with E-state index in [-0.39, 0.29) is 29.6 Å². The van der Waals surface area contributed by atoms with Gasteiger partial charge in [-0.25, -0.2) is 0 Å². The fraction of sp³-hybridized carbons (Fsp3) is 0.714. The number of rotatable bonds is 4. The molecule has 5 atom stereocenters. The summed E-state index contributed by atoms with van der Waals surface area (Å²) >= 11 is 0. The molecule has 3 fully saturated rings. The molecule has 0 aromatic rings. The second-order valence-electron chi connectivity index (χ2n) is 9.06. The van der Waals surface area contributed by atoms with E-state index < -0.39 is 18.5 Å². The Bertz CT molecular complexity index is 634. The number of ether oxygens (including phenoxy) is 3. The molecule has 1 aliphatic carbocycles. The van der Waals surface area contributed by atoms with E-state index in [0.29, 0.717) is 5.41 Å². The number of carbonyl (C=O) groups excluding carboxylic acids is 2. The normalized spacial score (nSPS) is 39.2. The maximum atomic E-state index is 11.9. The largest absolute Gasteiger partial charge is 0.435 e. The molecule has 3 aliphatic rings. The third-order valence-corrected chi connectivity index (χ3v) is 5.92. The first kappa shape index (κ1) is 19.2. The quantitative estimate of drug-likeness (QED) is 0.556. The number of allylic oxidation sites excluding steroid dienone is 2. The molecule has 144 valence electrons. The predicted octanol–water partition coefficient (Wildman–Crippen LogP) is 4.13. The van der Waals surface area contributed by atoms with Crippen molar-refractivity contribution >= 4 is 11.9 Å². The first-order valence-electron chi connectivity index (χ1n) is 9.50. The summed E-state index contributed by atoms with van der Waals surface area (Å²) in [4.78, 5) is 23.3. The van der Waals surface area contributed by atoms with Gasteiger partial charge in [-0.3, -0.25) is 9.59 Å². The van der Waals surface area contributed by atoms with Crippen LogP contribution in [0, 0.1) is 22.7 Å². The molecule has 2 bridgehead atoms. The lowest BCUT2D eigenvalue weighted by molar-refractivity contribution is -0.206. The number of hydrogen-bond donors (Lipinski definition) is 0. The third-order valence-electron chi connectivity index (χ3n) is 5.92. The molecule has 3 rings (SSSR count). The molecule has 2 heterocycles. The molecule has 1 saturated carbocycles. The lowest BCUT2D eigenvalue weighted by Gasteiger charge is -2.42. The van der Waals surface area contributed by atoms with Crippen LogP contribution in [-0.4, -0.2) is 24.5 Å². The Kier molecular flexibility index (Phi) is 5.04. The molecule has 0 aromatic heterocycles. The molecule has 5 nitrogen and oxygen atoms in total. The predicted molar refractivity (Wildman–Crippen MR) is 96.8 cm³/mol. The van der Waals surface area contributed by atoms with Crippen LogP contribution in [0.3, 0.4) is 0 Å². The number of esters is 2. The maximum absolute atomic E-state index is 11.9. The van der Waals surface area contributed by atoms with Gasteiger partial charge in [0.25, 0.3) is 0 Å². The van der Waals surface area contributed by atoms with Gasteiger partial charge in [0, 0.05) is 12.8 Å². The van der Waals surface area contributed by atoms with Crippen molar-refractivity contribution in [2.45, 2.75) is 72.4 Å². The van der Waals surface area contributed by atoms with Gasteiger partial charge in [0.15, 0.2) is 0 Å². The van der Waals surface area contributed by atoms with Crippen LogP contribution in [0.4, 0.5) is 0 Å². The van der Waals surface area contributed by atoms with E-state index in [1.165, 1.54) is 19.8 Å². The highest BCUT2D eigenvalue weighted by atomic mass is 16.8. The molecule has 0 amide bonds. The smallest absolute Gasteiger partial charge is 0.308 e. The minimum atomic E-state index is -0.743. The minimum Gasteiger partial charge on any atom is -0.435 e. The van der Waals surface area contributed by atoms with Gasteiger partial charge in [0.1, 0.15) is 0 Å². The summed E-state index contributed by atoms with van der Waals surface area (Å²) < 4.78 is 16.4. The average molecular weight is 362 g/mol. The first-order valence-corrected chi connectivity index (χ1v) is 9.50. The standard InChI is InChI=1S/C21H30O5/c1-6-14(11-21(5)9-7-8-20(3,4)12-21)17-15-10-16(23)25-19(17)26-18(15)24-13(2)22/h6,11,15,17-19H,1,7-10,12H2,2-5H3/b14-11-/t15-,17+,18-,19-,21-/m1/s1. The molecular formula is C21H30O5. The highest BCUT2D eigenvalue weighted by molar-refractivity contribution is 5.72. The lowest BCUT2D eigenvalue weighted by Crippen LogP contribution is -2.36. The Morgan fingerprint density at radius 2 is 2.04 bits per heavy atom. The summed E-state index contributed by atoms with van der Waals surface area (Å²) in [6, 6.07) is 0. The van der Waals surface area contributed by atoms with Gasteiger partial charge in [-0.15, -0.1) is 0 Å². The molecule has 0 radical (unpaired) electrons. The molecule has 2 aliphatic heterocycles. The minimum absolute atomic E-state index is 0.0725. The summed E-state index contributed by atoms with van der Waals surface area (Å²) in [5.74, 6) is -1.09. The van der Waals surface area contributed by atoms with Crippen molar-refractivity contribution in [3.63, 3.8) is 0 Å². The summed E-state index contributed by atoms with van der Waals surface area (Å²) in [5, 5.41) is 0. The van der Waals surface area contributed by atoms with Crippen LogP contribution in [0.1, 0.15) is 59.8 Å². The van der Waals surface area contributed by atoms with Crippen molar-refractivity contribution in [3.8, 4) is 0 Å². The molecule has 0 aromatic carbocycles. The molecule has 5 heteroatoms. The van der Waals surface area contributed by atoms with Crippen molar-refractivity contribution in [3.05, 3.63) is 24.3 Å². The van der Waals surface area contributed by atoms with Crippen LogP contribution in [-0.2, 0) is 23.8 Å². The zero-order valence-electron chi connectivity index (χ0n) is 16.2. The fourth-order valence-electron chi connectivity index (χ4n) is 5.12. The van der Waals surface area contributed by atoms with E-state index in [1.807, 2.05) is 6.08 Å². The van der Waals surface area contributed by atoms with Gasteiger partial charge >= 0.3 is 11.9 Å². The summed E-state index contributed by atoms with van der Waals surface area (Å²) in [5.41, 5.74) is 1.41. The van der Waals surface area contributed by atoms with Gasteiger partial charge in [0.05, 0.1) is 12.3 Å². The monoisotopic (exact) mass is 362 g/mol. The summed E-state index contributed by atoms with van der Waals surface area (Å²) in [7, 11) is 0. The lowest BCUT2D eigenvalue weighted by atomic mass is 9.63. The van der Waals surface area contributed by atoms with E-state index in [0.717, 1.165) is 18.4 Å². The Hall–Kier alpha value is -1.62. The Labute approximate surface area is 155 Å². The zero-order valence-corrected chi connectivity index (χ0v) is 16.2. The Morgan fingerprint density at radius 1 is 1.31 bits per heavy atom. The highest BCUT2D eigenvalue weighted by Crippen LogP contribution is 2.50. The third kappa shape index (κ3) is 3.88. The van der Waals surface area contributed by atoms with E-state index in [2.05, 4.69) is 33.4 Å². The molecule has 0 unspecified atom stereocenters. The Balaban J connectivity index is 1.88. The molecule has 2 saturated heterocycles. The Morgan fingerprint density at radius 3 is 2.65 bits per heavy atom. The van der Waals surface area contributed by atoms with Crippen molar-refractivity contribution in [2.24, 2.45) is 22.7 Å². The number of fused-ring (bicyclic) bond motifs is 2. The van der Waals surface area contributed by atoms with Gasteiger partial charge < -0.3 is 14.2 Å². The first-order chi connectivity index (χ1) is 12.1. The average Bonchev–Trinajstić information content (AvgIpc) is 2.71. The van der Waals surface area contributed by atoms with Gasteiger partial charge in [-0.2, -0.15) is 0 Å². The van der Waals surface area contributed by atoms with Gasteiger partial charge in [-0.05, 0) is 35.7 Å².